The van der Waals surface area contributed by atoms with E-state index in [1.54, 1.807) is 13.8 Å². The molecule has 1 aliphatic rings. The minimum Gasteiger partial charge on any atom is -0.494 e. The first-order valence-corrected chi connectivity index (χ1v) is 8.51. The molecule has 2 heterocycles. The zero-order chi connectivity index (χ0) is 22.1. The summed E-state index contributed by atoms with van der Waals surface area (Å²) in [4.78, 5) is 14.6. The van der Waals surface area contributed by atoms with Crippen molar-refractivity contribution in [3.63, 3.8) is 0 Å². The number of carboxylic acid groups (broad SMARTS) is 1. The third-order valence-electron chi connectivity index (χ3n) is 4.19. The number of allylic oxidation sites excluding steroid dienone is 1. The molecule has 158 valence electrons. The Morgan fingerprint density at radius 3 is 2.34 bits per heavy atom. The molecule has 1 atom stereocenters. The topological polar surface area (TPSA) is 103 Å². The van der Waals surface area contributed by atoms with Crippen molar-refractivity contribution in [1.82, 2.24) is 4.98 Å². The van der Waals surface area contributed by atoms with E-state index in [1.165, 1.54) is 6.07 Å². The molecule has 0 amide bonds. The van der Waals surface area contributed by atoms with Gasteiger partial charge >= 0.3 is 12.1 Å². The van der Waals surface area contributed by atoms with Crippen LogP contribution in [0.3, 0.4) is 0 Å². The van der Waals surface area contributed by atoms with Crippen LogP contribution in [-0.4, -0.2) is 33.9 Å². The number of aliphatic hydroxyl groups is 1. The molecule has 2 rings (SSSR count). The van der Waals surface area contributed by atoms with Crippen molar-refractivity contribution in [3.8, 4) is 6.07 Å². The van der Waals surface area contributed by atoms with Gasteiger partial charge in [-0.15, -0.1) is 0 Å². The molecule has 1 fully saturated rings. The van der Waals surface area contributed by atoms with Crippen LogP contribution >= 0.6 is 0 Å². The second-order valence-corrected chi connectivity index (χ2v) is 6.78. The first-order valence-electron chi connectivity index (χ1n) is 8.51. The molecule has 0 saturated carbocycles. The van der Waals surface area contributed by atoms with E-state index in [1.807, 2.05) is 0 Å². The van der Waals surface area contributed by atoms with Crippen LogP contribution in [0, 0.1) is 17.2 Å². The van der Waals surface area contributed by atoms with Crippen LogP contribution in [0.15, 0.2) is 5.76 Å². The van der Waals surface area contributed by atoms with Gasteiger partial charge in [0.2, 0.25) is 0 Å². The van der Waals surface area contributed by atoms with E-state index in [9.17, 15) is 42.2 Å². The number of hydrogen-bond donors (Lipinski definition) is 2. The van der Waals surface area contributed by atoms with Crippen molar-refractivity contribution in [2.45, 2.75) is 45.4 Å². The summed E-state index contributed by atoms with van der Waals surface area (Å²) in [6, 6.07) is 1.51. The molecule has 11 heteroatoms. The number of nitriles is 1. The summed E-state index contributed by atoms with van der Waals surface area (Å²) in [6.45, 7) is 3.02. The second kappa shape index (κ2) is 8.32. The van der Waals surface area contributed by atoms with E-state index in [2.05, 4.69) is 4.98 Å². The summed E-state index contributed by atoms with van der Waals surface area (Å²) >= 11 is 0. The average Bonchev–Trinajstić information content (AvgIpc) is 3.00. The molecule has 0 radical (unpaired) electrons. The lowest BCUT2D eigenvalue weighted by atomic mass is 9.87. The maximum Gasteiger partial charge on any atom is 0.434 e. The molecule has 2 N–H and O–H groups in total. The summed E-state index contributed by atoms with van der Waals surface area (Å²) in [5.41, 5.74) is -6.76. The van der Waals surface area contributed by atoms with Crippen LogP contribution in [0.5, 0.6) is 0 Å². The Labute approximate surface area is 162 Å². The highest BCUT2D eigenvalue weighted by Gasteiger charge is 2.43. The van der Waals surface area contributed by atoms with Gasteiger partial charge in [-0.05, 0) is 17.9 Å². The van der Waals surface area contributed by atoms with E-state index >= 15 is 0 Å². The summed E-state index contributed by atoms with van der Waals surface area (Å²) in [5.74, 6) is -2.81. The van der Waals surface area contributed by atoms with Gasteiger partial charge in [-0.3, -0.25) is 0 Å². The number of halogens is 5. The van der Waals surface area contributed by atoms with Crippen LogP contribution in [0.1, 0.15) is 59.6 Å². The number of pyridine rings is 1. The van der Waals surface area contributed by atoms with E-state index in [4.69, 9.17) is 4.74 Å². The third-order valence-corrected chi connectivity index (χ3v) is 4.19. The molecule has 1 saturated heterocycles. The molecule has 0 aliphatic carbocycles. The molecule has 1 aliphatic heterocycles. The number of hydrogen-bond acceptors (Lipinski definition) is 5. The number of alkyl halides is 5. The standard InChI is InChI=1S/C18H17F5N2O4/c1-7(2)5-8-11(9(6-24)14-10(26)3-4-29-14)15(18(21,22)23)25-13(16(19)20)12(8)17(27)28/h7,10,16,26H,3-5H2,1-2H3,(H,27,28). The largest absolute Gasteiger partial charge is 0.494 e. The Hall–Kier alpha value is -2.74. The van der Waals surface area contributed by atoms with E-state index in [0.29, 0.717) is 0 Å². The van der Waals surface area contributed by atoms with Gasteiger partial charge < -0.3 is 14.9 Å². The van der Waals surface area contributed by atoms with Crippen LogP contribution in [0.4, 0.5) is 22.0 Å². The molecule has 0 spiro atoms. The van der Waals surface area contributed by atoms with Gasteiger partial charge in [0.15, 0.2) is 5.69 Å². The zero-order valence-electron chi connectivity index (χ0n) is 15.3. The molecular weight excluding hydrogens is 403 g/mol. The summed E-state index contributed by atoms with van der Waals surface area (Å²) in [5, 5.41) is 29.0. The maximum absolute atomic E-state index is 13.7. The Morgan fingerprint density at radius 2 is 1.97 bits per heavy atom. The monoisotopic (exact) mass is 420 g/mol. The minimum absolute atomic E-state index is 0.00964. The highest BCUT2D eigenvalue weighted by molar-refractivity contribution is 5.94. The Balaban J connectivity index is 3.09. The van der Waals surface area contributed by atoms with Crippen LogP contribution in [0.2, 0.25) is 0 Å². The van der Waals surface area contributed by atoms with Crippen molar-refractivity contribution in [2.24, 2.45) is 5.92 Å². The Bertz CT molecular complexity index is 888. The Morgan fingerprint density at radius 1 is 1.34 bits per heavy atom. The molecule has 29 heavy (non-hydrogen) atoms. The van der Waals surface area contributed by atoms with Gasteiger partial charge in [-0.1, -0.05) is 13.8 Å². The van der Waals surface area contributed by atoms with E-state index < -0.39 is 70.0 Å². The first-order chi connectivity index (χ1) is 13.4. The first kappa shape index (κ1) is 22.5. The summed E-state index contributed by atoms with van der Waals surface area (Å²) in [6.07, 6.45) is -10.6. The number of aliphatic hydroxyl groups excluding tert-OH is 1. The van der Waals surface area contributed by atoms with Gasteiger partial charge in [-0.2, -0.15) is 18.4 Å². The van der Waals surface area contributed by atoms with Crippen molar-refractivity contribution in [3.05, 3.63) is 33.8 Å². The fraction of sp³-hybridized carbons (Fsp3) is 0.500. The molecule has 0 aromatic carbocycles. The quantitative estimate of drug-likeness (QED) is 0.552. The molecule has 0 bridgehead atoms. The lowest BCUT2D eigenvalue weighted by Crippen LogP contribution is -2.22. The normalized spacial score (nSPS) is 18.7. The van der Waals surface area contributed by atoms with Crippen LogP contribution < -0.4 is 0 Å². The number of carbonyl (C=O) groups is 1. The highest BCUT2D eigenvalue weighted by atomic mass is 19.4. The zero-order valence-corrected chi connectivity index (χ0v) is 15.3. The van der Waals surface area contributed by atoms with Gasteiger partial charge in [0.25, 0.3) is 6.43 Å². The van der Waals surface area contributed by atoms with Gasteiger partial charge in [0.05, 0.1) is 12.2 Å². The second-order valence-electron chi connectivity index (χ2n) is 6.78. The van der Waals surface area contributed by atoms with Crippen molar-refractivity contribution in [2.75, 3.05) is 6.61 Å². The predicted octanol–water partition coefficient (Wildman–Crippen LogP) is 3.95. The Kier molecular flexibility index (Phi) is 6.47. The average molecular weight is 420 g/mol. The fourth-order valence-electron chi connectivity index (χ4n) is 3.12. The minimum atomic E-state index is -5.27. The summed E-state index contributed by atoms with van der Waals surface area (Å²) < 4.78 is 73.1. The predicted molar refractivity (Wildman–Crippen MR) is 88.8 cm³/mol. The molecule has 6 nitrogen and oxygen atoms in total. The molecule has 1 aromatic heterocycles. The SMILES string of the molecule is CC(C)Cc1c(C(=O)O)c(C(F)F)nc(C(F)(F)F)c1C(C#N)=C1OCCC1O. The van der Waals surface area contributed by atoms with Crippen molar-refractivity contribution < 1.29 is 41.7 Å². The lowest BCUT2D eigenvalue weighted by Gasteiger charge is -2.22. The van der Waals surface area contributed by atoms with E-state index in [-0.39, 0.29) is 19.4 Å². The van der Waals surface area contributed by atoms with Crippen molar-refractivity contribution >= 4 is 11.5 Å². The van der Waals surface area contributed by atoms with Gasteiger partial charge in [0, 0.05) is 12.0 Å². The van der Waals surface area contributed by atoms with E-state index in [0.717, 1.165) is 0 Å². The van der Waals surface area contributed by atoms with Gasteiger partial charge in [-0.25, -0.2) is 18.6 Å². The lowest BCUT2D eigenvalue weighted by molar-refractivity contribution is -0.141. The number of ether oxygens (including phenoxy) is 1. The van der Waals surface area contributed by atoms with Crippen LogP contribution in [-0.2, 0) is 17.3 Å². The smallest absolute Gasteiger partial charge is 0.434 e. The fourth-order valence-corrected chi connectivity index (χ4v) is 3.12. The number of aromatic nitrogens is 1. The molecule has 1 unspecified atom stereocenters. The van der Waals surface area contributed by atoms with Gasteiger partial charge in [0.1, 0.15) is 29.2 Å². The third kappa shape index (κ3) is 4.48. The number of aromatic carboxylic acids is 1. The number of carboxylic acids is 1. The highest BCUT2D eigenvalue weighted by Crippen LogP contribution is 2.42. The van der Waals surface area contributed by atoms with Crippen LogP contribution in [0.25, 0.3) is 5.57 Å². The number of rotatable bonds is 5. The number of nitrogens with zero attached hydrogens (tertiary/aromatic N) is 2. The summed E-state index contributed by atoms with van der Waals surface area (Å²) in [7, 11) is 0. The maximum atomic E-state index is 13.7. The van der Waals surface area contributed by atoms with Crippen molar-refractivity contribution in [1.29, 1.82) is 5.26 Å². The molecule has 1 aromatic rings. The molecular formula is C18H17F5N2O4.